The molecule has 2 aromatic rings. The Morgan fingerprint density at radius 3 is 2.29 bits per heavy atom. The van der Waals surface area contributed by atoms with Crippen LogP contribution in [-0.4, -0.2) is 11.8 Å². The minimum absolute atomic E-state index is 0.105. The van der Waals surface area contributed by atoms with Crippen LogP contribution in [0.3, 0.4) is 0 Å². The third kappa shape index (κ3) is 3.60. The molecule has 0 saturated heterocycles. The predicted molar refractivity (Wildman–Crippen MR) is 96.2 cm³/mol. The van der Waals surface area contributed by atoms with E-state index in [1.54, 1.807) is 6.07 Å². The number of carbonyl (C=O) groups is 2. The average Bonchev–Trinajstić information content (AvgIpc) is 3.34. The maximum absolute atomic E-state index is 12.3. The number of amides is 2. The van der Waals surface area contributed by atoms with Crippen LogP contribution in [0.5, 0.6) is 0 Å². The lowest BCUT2D eigenvalue weighted by Crippen LogP contribution is -2.20. The topological polar surface area (TPSA) is 58.2 Å². The zero-order valence-electron chi connectivity index (χ0n) is 13.6. The highest BCUT2D eigenvalue weighted by Crippen LogP contribution is 2.40. The first-order chi connectivity index (χ1) is 11.5. The minimum atomic E-state index is -0.283. The van der Waals surface area contributed by atoms with E-state index in [1.165, 1.54) is 0 Å². The van der Waals surface area contributed by atoms with Gasteiger partial charge in [0.25, 0.3) is 0 Å². The fraction of sp³-hybridized carbons (Fsp3) is 0.263. The number of hydrogen-bond donors (Lipinski definition) is 2. The fourth-order valence-corrected chi connectivity index (χ4v) is 2.80. The predicted octanol–water partition coefficient (Wildman–Crippen LogP) is 4.17. The molecule has 0 heterocycles. The molecule has 0 aromatic heterocycles. The summed E-state index contributed by atoms with van der Waals surface area (Å²) < 4.78 is 0. The van der Waals surface area contributed by atoms with Gasteiger partial charge in [-0.05, 0) is 49.6 Å². The SMILES string of the molecule is Cc1ccc(NC(=O)C2CC2C(=O)Nc2ccccc2C)cc1Cl. The molecule has 124 valence electrons. The number of nitrogens with one attached hydrogen (secondary N) is 2. The van der Waals surface area contributed by atoms with Crippen molar-refractivity contribution < 1.29 is 9.59 Å². The molecular formula is C19H19ClN2O2. The molecule has 0 aliphatic heterocycles. The molecule has 3 rings (SSSR count). The Labute approximate surface area is 146 Å². The molecule has 5 heteroatoms. The molecule has 2 amide bonds. The van der Waals surface area contributed by atoms with E-state index >= 15 is 0 Å². The van der Waals surface area contributed by atoms with Crippen LogP contribution in [0.2, 0.25) is 5.02 Å². The lowest BCUT2D eigenvalue weighted by Gasteiger charge is -2.08. The number of anilines is 2. The van der Waals surface area contributed by atoms with E-state index in [2.05, 4.69) is 10.6 Å². The monoisotopic (exact) mass is 342 g/mol. The van der Waals surface area contributed by atoms with E-state index in [0.717, 1.165) is 16.8 Å². The fourth-order valence-electron chi connectivity index (χ4n) is 2.62. The van der Waals surface area contributed by atoms with Crippen LogP contribution in [0, 0.1) is 25.7 Å². The van der Waals surface area contributed by atoms with E-state index in [0.29, 0.717) is 17.1 Å². The first-order valence-corrected chi connectivity index (χ1v) is 8.27. The Hall–Kier alpha value is -2.33. The van der Waals surface area contributed by atoms with E-state index in [9.17, 15) is 9.59 Å². The van der Waals surface area contributed by atoms with Gasteiger partial charge in [-0.15, -0.1) is 0 Å². The van der Waals surface area contributed by atoms with Crippen molar-refractivity contribution in [1.82, 2.24) is 0 Å². The largest absolute Gasteiger partial charge is 0.326 e. The third-order valence-electron chi connectivity index (χ3n) is 4.31. The normalized spacial score (nSPS) is 18.8. The maximum Gasteiger partial charge on any atom is 0.228 e. The molecule has 0 spiro atoms. The minimum Gasteiger partial charge on any atom is -0.326 e. The summed E-state index contributed by atoms with van der Waals surface area (Å²) >= 11 is 6.06. The first kappa shape index (κ1) is 16.5. The molecule has 1 saturated carbocycles. The highest BCUT2D eigenvalue weighted by Gasteiger charge is 2.48. The molecule has 1 fully saturated rings. The van der Waals surface area contributed by atoms with Gasteiger partial charge in [0.2, 0.25) is 11.8 Å². The Kier molecular flexibility index (Phi) is 4.58. The molecule has 2 aromatic carbocycles. The number of benzene rings is 2. The second kappa shape index (κ2) is 6.65. The van der Waals surface area contributed by atoms with Gasteiger partial charge >= 0.3 is 0 Å². The van der Waals surface area contributed by atoms with Gasteiger partial charge in [-0.3, -0.25) is 9.59 Å². The second-order valence-electron chi connectivity index (χ2n) is 6.21. The van der Waals surface area contributed by atoms with E-state index in [1.807, 2.05) is 50.2 Å². The Morgan fingerprint density at radius 1 is 0.958 bits per heavy atom. The Balaban J connectivity index is 1.58. The van der Waals surface area contributed by atoms with Gasteiger partial charge in [-0.1, -0.05) is 35.9 Å². The standard InChI is InChI=1S/C19H19ClN2O2/c1-11-7-8-13(9-16(11)20)21-18(23)14-10-15(14)19(24)22-17-6-4-3-5-12(17)2/h3-9,14-15H,10H2,1-2H3,(H,21,23)(H,22,24). The number of aryl methyl sites for hydroxylation is 2. The molecule has 4 nitrogen and oxygen atoms in total. The number of rotatable bonds is 4. The second-order valence-corrected chi connectivity index (χ2v) is 6.61. The molecule has 0 radical (unpaired) electrons. The van der Waals surface area contributed by atoms with Crippen molar-refractivity contribution in [2.75, 3.05) is 10.6 Å². The van der Waals surface area contributed by atoms with Crippen LogP contribution in [0.1, 0.15) is 17.5 Å². The van der Waals surface area contributed by atoms with Crippen molar-refractivity contribution in [3.63, 3.8) is 0 Å². The summed E-state index contributed by atoms with van der Waals surface area (Å²) in [5.41, 5.74) is 3.40. The molecule has 2 unspecified atom stereocenters. The van der Waals surface area contributed by atoms with Crippen molar-refractivity contribution in [3.8, 4) is 0 Å². The van der Waals surface area contributed by atoms with Crippen LogP contribution < -0.4 is 10.6 Å². The van der Waals surface area contributed by atoms with Gasteiger partial charge in [0, 0.05) is 16.4 Å². The molecule has 0 bridgehead atoms. The zero-order valence-corrected chi connectivity index (χ0v) is 14.4. The zero-order chi connectivity index (χ0) is 17.3. The van der Waals surface area contributed by atoms with Gasteiger partial charge in [0.05, 0.1) is 11.8 Å². The molecule has 1 aliphatic carbocycles. The summed E-state index contributed by atoms with van der Waals surface area (Å²) in [6.07, 6.45) is 0.573. The van der Waals surface area contributed by atoms with Crippen LogP contribution in [0.25, 0.3) is 0 Å². The van der Waals surface area contributed by atoms with Gasteiger partial charge in [0.15, 0.2) is 0 Å². The summed E-state index contributed by atoms with van der Waals surface area (Å²) in [5, 5.41) is 6.33. The maximum atomic E-state index is 12.3. The summed E-state index contributed by atoms with van der Waals surface area (Å²) in [4.78, 5) is 24.6. The van der Waals surface area contributed by atoms with Crippen LogP contribution >= 0.6 is 11.6 Å². The summed E-state index contributed by atoms with van der Waals surface area (Å²) in [6.45, 7) is 3.84. The van der Waals surface area contributed by atoms with Crippen LogP contribution in [0.4, 0.5) is 11.4 Å². The van der Waals surface area contributed by atoms with Gasteiger partial charge in [-0.25, -0.2) is 0 Å². The van der Waals surface area contributed by atoms with Crippen molar-refractivity contribution in [2.24, 2.45) is 11.8 Å². The van der Waals surface area contributed by atoms with Crippen molar-refractivity contribution in [1.29, 1.82) is 0 Å². The lowest BCUT2D eigenvalue weighted by atomic mass is 10.2. The Bertz CT molecular complexity index is 804. The molecule has 24 heavy (non-hydrogen) atoms. The van der Waals surface area contributed by atoms with E-state index < -0.39 is 0 Å². The molecule has 1 aliphatic rings. The first-order valence-electron chi connectivity index (χ1n) is 7.89. The number of halogens is 1. The number of para-hydroxylation sites is 1. The molecule has 2 atom stereocenters. The number of carbonyl (C=O) groups excluding carboxylic acids is 2. The lowest BCUT2D eigenvalue weighted by molar-refractivity contribution is -0.122. The third-order valence-corrected chi connectivity index (χ3v) is 4.71. The van der Waals surface area contributed by atoms with Crippen molar-refractivity contribution in [3.05, 3.63) is 58.6 Å². The summed E-state index contributed by atoms with van der Waals surface area (Å²) in [6, 6.07) is 13.0. The van der Waals surface area contributed by atoms with Gasteiger partial charge in [0.1, 0.15) is 0 Å². The molecule has 2 N–H and O–H groups in total. The van der Waals surface area contributed by atoms with Crippen LogP contribution in [0.15, 0.2) is 42.5 Å². The summed E-state index contributed by atoms with van der Waals surface area (Å²) in [7, 11) is 0. The van der Waals surface area contributed by atoms with Gasteiger partial charge < -0.3 is 10.6 Å². The van der Waals surface area contributed by atoms with Gasteiger partial charge in [-0.2, -0.15) is 0 Å². The van der Waals surface area contributed by atoms with E-state index in [4.69, 9.17) is 11.6 Å². The summed E-state index contributed by atoms with van der Waals surface area (Å²) in [5.74, 6) is -0.800. The molecular weight excluding hydrogens is 324 g/mol. The van der Waals surface area contributed by atoms with Crippen molar-refractivity contribution >= 4 is 34.8 Å². The Morgan fingerprint density at radius 2 is 1.62 bits per heavy atom. The number of hydrogen-bond acceptors (Lipinski definition) is 2. The van der Waals surface area contributed by atoms with Crippen molar-refractivity contribution in [2.45, 2.75) is 20.3 Å². The highest BCUT2D eigenvalue weighted by molar-refractivity contribution is 6.31. The van der Waals surface area contributed by atoms with E-state index in [-0.39, 0.29) is 23.7 Å². The quantitative estimate of drug-likeness (QED) is 0.876. The highest BCUT2D eigenvalue weighted by atomic mass is 35.5. The average molecular weight is 343 g/mol. The van der Waals surface area contributed by atoms with Crippen LogP contribution in [-0.2, 0) is 9.59 Å². The smallest absolute Gasteiger partial charge is 0.228 e.